The van der Waals surface area contributed by atoms with Crippen LogP contribution in [0.25, 0.3) is 0 Å². The Morgan fingerprint density at radius 2 is 2.06 bits per heavy atom. The number of aliphatic hydroxyl groups excluding tert-OH is 1. The van der Waals surface area contributed by atoms with Gasteiger partial charge in [-0.2, -0.15) is 0 Å². The quantitative estimate of drug-likeness (QED) is 0.791. The fourth-order valence-corrected chi connectivity index (χ4v) is 2.49. The highest BCUT2D eigenvalue weighted by Gasteiger charge is 2.24. The molecule has 0 aliphatic heterocycles. The molecule has 1 saturated carbocycles. The minimum atomic E-state index is -0.401. The molecule has 0 amide bonds. The van der Waals surface area contributed by atoms with Gasteiger partial charge in [-0.3, -0.25) is 4.79 Å². The van der Waals surface area contributed by atoms with Gasteiger partial charge >= 0.3 is 0 Å². The topological polar surface area (TPSA) is 37.3 Å². The van der Waals surface area contributed by atoms with E-state index in [1.165, 1.54) is 12.8 Å². The Bertz CT molecular complexity index is 378. The molecule has 1 N–H and O–H groups in total. The van der Waals surface area contributed by atoms with Crippen molar-refractivity contribution in [2.24, 2.45) is 5.92 Å². The number of carbonyl (C=O) groups is 1. The summed E-state index contributed by atoms with van der Waals surface area (Å²) < 4.78 is 0. The average Bonchev–Trinajstić information content (AvgIpc) is 2.81. The van der Waals surface area contributed by atoms with Gasteiger partial charge in [0.1, 0.15) is 0 Å². The molecular weight excluding hydrogens is 200 g/mol. The van der Waals surface area contributed by atoms with Gasteiger partial charge in [-0.25, -0.2) is 0 Å². The van der Waals surface area contributed by atoms with E-state index in [1.54, 1.807) is 13.0 Å². The van der Waals surface area contributed by atoms with Crippen LogP contribution in [0.4, 0.5) is 0 Å². The molecule has 0 radical (unpaired) electrons. The second-order valence-corrected chi connectivity index (χ2v) is 4.67. The van der Waals surface area contributed by atoms with Crippen LogP contribution in [-0.2, 0) is 0 Å². The van der Waals surface area contributed by atoms with E-state index >= 15 is 0 Å². The molecule has 0 spiro atoms. The highest BCUT2D eigenvalue weighted by molar-refractivity contribution is 5.94. The fraction of sp³-hybridized carbons (Fsp3) is 0.500. The first-order valence-corrected chi connectivity index (χ1v) is 5.97. The van der Waals surface area contributed by atoms with Gasteiger partial charge in [0.05, 0.1) is 6.10 Å². The second-order valence-electron chi connectivity index (χ2n) is 4.67. The zero-order valence-electron chi connectivity index (χ0n) is 9.65. The zero-order chi connectivity index (χ0) is 11.5. The van der Waals surface area contributed by atoms with E-state index in [4.69, 9.17) is 0 Å². The third-order valence-electron chi connectivity index (χ3n) is 3.48. The first-order chi connectivity index (χ1) is 7.68. The third-order valence-corrected chi connectivity index (χ3v) is 3.48. The minimum Gasteiger partial charge on any atom is -0.388 e. The normalized spacial score (nSPS) is 18.6. The van der Waals surface area contributed by atoms with E-state index in [1.807, 2.05) is 18.2 Å². The summed E-state index contributed by atoms with van der Waals surface area (Å²) in [6.45, 7) is 1.56. The van der Waals surface area contributed by atoms with Gasteiger partial charge in [-0.05, 0) is 37.3 Å². The maximum Gasteiger partial charge on any atom is 0.159 e. The molecule has 1 aliphatic rings. The van der Waals surface area contributed by atoms with Gasteiger partial charge in [0.15, 0.2) is 5.78 Å². The van der Waals surface area contributed by atoms with Crippen LogP contribution in [0.1, 0.15) is 54.6 Å². The van der Waals surface area contributed by atoms with Gasteiger partial charge < -0.3 is 5.11 Å². The smallest absolute Gasteiger partial charge is 0.159 e. The Morgan fingerprint density at radius 1 is 1.38 bits per heavy atom. The predicted octanol–water partition coefficient (Wildman–Crippen LogP) is 3.11. The van der Waals surface area contributed by atoms with Crippen molar-refractivity contribution < 1.29 is 9.90 Å². The molecule has 86 valence electrons. The maximum atomic E-state index is 11.3. The molecule has 1 aromatic carbocycles. The van der Waals surface area contributed by atoms with Crippen molar-refractivity contribution in [3.05, 3.63) is 35.4 Å². The number of rotatable bonds is 3. The number of Topliss-reactive ketones (excluding diaryl/α,β-unsaturated/α-hetero) is 1. The molecule has 0 bridgehead atoms. The van der Waals surface area contributed by atoms with Crippen LogP contribution in [0.5, 0.6) is 0 Å². The SMILES string of the molecule is CC(=O)c1cccc(C(O)C2CCCC2)c1. The molecule has 1 unspecified atom stereocenters. The van der Waals surface area contributed by atoms with Crippen LogP contribution >= 0.6 is 0 Å². The molecule has 1 aromatic rings. The highest BCUT2D eigenvalue weighted by atomic mass is 16.3. The number of carbonyl (C=O) groups excluding carboxylic acids is 1. The molecule has 0 saturated heterocycles. The van der Waals surface area contributed by atoms with Crippen molar-refractivity contribution in [2.75, 3.05) is 0 Å². The van der Waals surface area contributed by atoms with Crippen LogP contribution in [0.15, 0.2) is 24.3 Å². The number of hydrogen-bond acceptors (Lipinski definition) is 2. The highest BCUT2D eigenvalue weighted by Crippen LogP contribution is 2.35. The van der Waals surface area contributed by atoms with Gasteiger partial charge in [-0.1, -0.05) is 31.0 Å². The Kier molecular flexibility index (Phi) is 3.39. The summed E-state index contributed by atoms with van der Waals surface area (Å²) in [7, 11) is 0. The summed E-state index contributed by atoms with van der Waals surface area (Å²) in [5.74, 6) is 0.433. The van der Waals surface area contributed by atoms with E-state index in [0.29, 0.717) is 11.5 Å². The largest absolute Gasteiger partial charge is 0.388 e. The number of aliphatic hydroxyl groups is 1. The molecule has 0 heterocycles. The van der Waals surface area contributed by atoms with Gasteiger partial charge in [0.2, 0.25) is 0 Å². The van der Waals surface area contributed by atoms with Crippen LogP contribution in [0.3, 0.4) is 0 Å². The van der Waals surface area contributed by atoms with Crippen molar-refractivity contribution >= 4 is 5.78 Å². The molecule has 1 fully saturated rings. The van der Waals surface area contributed by atoms with Crippen molar-refractivity contribution in [3.8, 4) is 0 Å². The first-order valence-electron chi connectivity index (χ1n) is 5.97. The lowest BCUT2D eigenvalue weighted by atomic mass is 9.93. The van der Waals surface area contributed by atoms with Gasteiger partial charge in [0.25, 0.3) is 0 Å². The standard InChI is InChI=1S/C14H18O2/c1-10(15)12-7-4-8-13(9-12)14(16)11-5-2-3-6-11/h4,7-9,11,14,16H,2-3,5-6H2,1H3. The molecule has 1 atom stereocenters. The minimum absolute atomic E-state index is 0.0560. The molecule has 16 heavy (non-hydrogen) atoms. The molecule has 2 rings (SSSR count). The number of benzene rings is 1. The number of hydrogen-bond donors (Lipinski definition) is 1. The summed E-state index contributed by atoms with van der Waals surface area (Å²) in [6.07, 6.45) is 4.24. The lowest BCUT2D eigenvalue weighted by Gasteiger charge is -2.18. The Balaban J connectivity index is 2.18. The lowest BCUT2D eigenvalue weighted by Crippen LogP contribution is -2.09. The molecule has 0 aromatic heterocycles. The van der Waals surface area contributed by atoms with E-state index in [0.717, 1.165) is 18.4 Å². The third kappa shape index (κ3) is 2.33. The predicted molar refractivity (Wildman–Crippen MR) is 63.4 cm³/mol. The zero-order valence-corrected chi connectivity index (χ0v) is 9.65. The first kappa shape index (κ1) is 11.3. The summed E-state index contributed by atoms with van der Waals surface area (Å²) in [4.78, 5) is 11.3. The van der Waals surface area contributed by atoms with Gasteiger partial charge in [-0.15, -0.1) is 0 Å². The number of ketones is 1. The van der Waals surface area contributed by atoms with E-state index in [9.17, 15) is 9.90 Å². The monoisotopic (exact) mass is 218 g/mol. The molecular formula is C14H18O2. The molecule has 1 aliphatic carbocycles. The molecule has 2 nitrogen and oxygen atoms in total. The fourth-order valence-electron chi connectivity index (χ4n) is 2.49. The Morgan fingerprint density at radius 3 is 2.69 bits per heavy atom. The van der Waals surface area contributed by atoms with Gasteiger partial charge in [0, 0.05) is 5.56 Å². The van der Waals surface area contributed by atoms with Crippen LogP contribution < -0.4 is 0 Å². The van der Waals surface area contributed by atoms with Crippen molar-refractivity contribution in [1.82, 2.24) is 0 Å². The maximum absolute atomic E-state index is 11.3. The van der Waals surface area contributed by atoms with Crippen LogP contribution in [0, 0.1) is 5.92 Å². The van der Waals surface area contributed by atoms with Crippen LogP contribution in [-0.4, -0.2) is 10.9 Å². The second kappa shape index (κ2) is 4.79. The van der Waals surface area contributed by atoms with E-state index < -0.39 is 6.10 Å². The van der Waals surface area contributed by atoms with Crippen molar-refractivity contribution in [1.29, 1.82) is 0 Å². The summed E-state index contributed by atoms with van der Waals surface area (Å²) in [5.41, 5.74) is 1.58. The van der Waals surface area contributed by atoms with Crippen LogP contribution in [0.2, 0.25) is 0 Å². The summed E-state index contributed by atoms with van der Waals surface area (Å²) in [6, 6.07) is 7.39. The lowest BCUT2D eigenvalue weighted by molar-refractivity contribution is 0.101. The Labute approximate surface area is 96.3 Å². The summed E-state index contributed by atoms with van der Waals surface area (Å²) >= 11 is 0. The van der Waals surface area contributed by atoms with Crippen molar-refractivity contribution in [3.63, 3.8) is 0 Å². The average molecular weight is 218 g/mol. The van der Waals surface area contributed by atoms with Crippen molar-refractivity contribution in [2.45, 2.75) is 38.7 Å². The molecule has 2 heteroatoms. The van der Waals surface area contributed by atoms with E-state index in [-0.39, 0.29) is 5.78 Å². The summed E-state index contributed by atoms with van der Waals surface area (Å²) in [5, 5.41) is 10.2. The Hall–Kier alpha value is -1.15. The van der Waals surface area contributed by atoms with E-state index in [2.05, 4.69) is 0 Å².